The first kappa shape index (κ1) is 35.3. The standard InChI is InChI=1S/C32H41BF3N5O4/c1-21(2)9-7-10-22(3)15-18-43-27-13-12-23(19-24(27)32(34,35)36)25-14-16-38-28(39-25)26-11-8-17-41(26)29(33-44-20-37)40-30(42)45-31(4,5)6/h9,12-15,19,26H,7-8,10-11,16-18H2,1-6H3,(H,38,39)(H,40,42)/b22-15+. The quantitative estimate of drug-likeness (QED) is 0.168. The third-order valence-electron chi connectivity index (χ3n) is 6.91. The molecule has 1 unspecified atom stereocenters. The van der Waals surface area contributed by atoms with Gasteiger partial charge in [-0.05, 0) is 39.7 Å². The van der Waals surface area contributed by atoms with Crippen LogP contribution < -0.4 is 15.4 Å². The minimum atomic E-state index is -4.63. The fourth-order valence-electron chi connectivity index (χ4n) is 4.85. The number of alkyl halides is 3. The fourth-order valence-corrected chi connectivity index (χ4v) is 4.85. The summed E-state index contributed by atoms with van der Waals surface area (Å²) >= 11 is 0. The second-order valence-electron chi connectivity index (χ2n) is 12.0. The maximum absolute atomic E-state index is 14.1. The summed E-state index contributed by atoms with van der Waals surface area (Å²) in [6, 6.07) is 3.63. The molecule has 0 radical (unpaired) electrons. The van der Waals surface area contributed by atoms with Crippen molar-refractivity contribution in [2.75, 3.05) is 19.7 Å². The Morgan fingerprint density at radius 1 is 1.24 bits per heavy atom. The van der Waals surface area contributed by atoms with Crippen molar-refractivity contribution in [1.29, 1.82) is 5.26 Å². The third-order valence-corrected chi connectivity index (χ3v) is 6.91. The van der Waals surface area contributed by atoms with Gasteiger partial charge in [0.15, 0.2) is 0 Å². The van der Waals surface area contributed by atoms with Crippen molar-refractivity contribution in [2.24, 2.45) is 4.99 Å². The average molecular weight is 628 g/mol. The molecule has 2 N–H and O–H groups in total. The van der Waals surface area contributed by atoms with Crippen LogP contribution in [0.3, 0.4) is 0 Å². The van der Waals surface area contributed by atoms with Gasteiger partial charge in [0.1, 0.15) is 0 Å². The van der Waals surface area contributed by atoms with Crippen LogP contribution >= 0.6 is 0 Å². The molecule has 1 aromatic carbocycles. The van der Waals surface area contributed by atoms with Crippen LogP contribution in [0, 0.1) is 11.5 Å². The van der Waals surface area contributed by atoms with Crippen molar-refractivity contribution in [3.63, 3.8) is 0 Å². The van der Waals surface area contributed by atoms with Gasteiger partial charge in [-0.25, -0.2) is 0 Å². The summed E-state index contributed by atoms with van der Waals surface area (Å²) in [6.07, 6.45) is 4.89. The number of amides is 1. The van der Waals surface area contributed by atoms with Gasteiger partial charge in [-0.1, -0.05) is 17.2 Å². The molecule has 9 nitrogen and oxygen atoms in total. The van der Waals surface area contributed by atoms with E-state index in [0.717, 1.165) is 38.0 Å². The van der Waals surface area contributed by atoms with Gasteiger partial charge in [0.05, 0.1) is 0 Å². The summed E-state index contributed by atoms with van der Waals surface area (Å²) in [6.45, 7) is 11.9. The summed E-state index contributed by atoms with van der Waals surface area (Å²) in [4.78, 5) is 18.9. The normalized spacial score (nSPS) is 17.2. The molecule has 0 bridgehead atoms. The van der Waals surface area contributed by atoms with Crippen LogP contribution in [0.2, 0.25) is 0 Å². The van der Waals surface area contributed by atoms with E-state index >= 15 is 0 Å². The van der Waals surface area contributed by atoms with Crippen molar-refractivity contribution in [1.82, 2.24) is 15.5 Å². The first-order chi connectivity index (χ1) is 21.2. The van der Waals surface area contributed by atoms with Crippen LogP contribution in [-0.2, 0) is 15.6 Å². The number of benzene rings is 1. The molecule has 1 atom stereocenters. The number of alkyl carbamates (subject to hydrolysis) is 1. The van der Waals surface area contributed by atoms with Crippen molar-refractivity contribution in [3.8, 4) is 12.0 Å². The number of nitrogens with zero attached hydrogens (tertiary/aromatic N) is 3. The van der Waals surface area contributed by atoms with E-state index < -0.39 is 23.4 Å². The number of likely N-dealkylation sites (tertiary alicyclic amines) is 1. The molecular formula is C32H41BF3N5O4. The van der Waals surface area contributed by atoms with Crippen LogP contribution in [0.5, 0.6) is 5.75 Å². The van der Waals surface area contributed by atoms with E-state index in [2.05, 4.69) is 21.7 Å². The van der Waals surface area contributed by atoms with Crippen LogP contribution in [0.25, 0.3) is 5.70 Å². The first-order valence-corrected chi connectivity index (χ1v) is 14.8. The number of aliphatic imine (C=N–C) groups is 1. The van der Waals surface area contributed by atoms with E-state index in [4.69, 9.17) is 19.4 Å². The van der Waals surface area contributed by atoms with E-state index in [1.165, 1.54) is 11.6 Å². The second-order valence-corrected chi connectivity index (χ2v) is 12.0. The maximum atomic E-state index is 14.1. The van der Waals surface area contributed by atoms with Gasteiger partial charge in [-0.15, -0.1) is 0 Å². The number of carbonyl (C=O) groups is 1. The number of nitriles is 1. The number of allylic oxidation sites excluding steroid dienone is 3. The summed E-state index contributed by atoms with van der Waals surface area (Å²) in [5.41, 5.74) is 1.65. The average Bonchev–Trinajstić information content (AvgIpc) is 3.44. The molecule has 242 valence electrons. The molecule has 2 aliphatic heterocycles. The van der Waals surface area contributed by atoms with E-state index in [0.29, 0.717) is 30.1 Å². The Hall–Kier alpha value is -4.21. The number of hydrogen-bond acceptors (Lipinski definition) is 8. The molecule has 0 saturated carbocycles. The molecule has 3 rings (SSSR count). The molecule has 0 aliphatic carbocycles. The van der Waals surface area contributed by atoms with Gasteiger partial charge in [-0.2, -0.15) is 0 Å². The van der Waals surface area contributed by atoms with E-state index in [9.17, 15) is 18.0 Å². The fraction of sp³-hybridized carbons (Fsp3) is 0.500. The number of carbonyl (C=O) groups excluding carboxylic acids is 1. The van der Waals surface area contributed by atoms with Gasteiger partial charge in [0.25, 0.3) is 0 Å². The molecule has 2 heterocycles. The third kappa shape index (κ3) is 11.0. The molecule has 1 amide bonds. The van der Waals surface area contributed by atoms with Crippen LogP contribution in [0.1, 0.15) is 78.4 Å². The molecule has 13 heteroatoms. The van der Waals surface area contributed by atoms with Crippen LogP contribution in [0.15, 0.2) is 52.6 Å². The minimum absolute atomic E-state index is 0.0288. The van der Waals surface area contributed by atoms with Gasteiger partial charge in [-0.3, -0.25) is 0 Å². The summed E-state index contributed by atoms with van der Waals surface area (Å²) in [7, 11) is 1.12. The van der Waals surface area contributed by atoms with Gasteiger partial charge in [0.2, 0.25) is 0 Å². The Bertz CT molecular complexity index is 1420. The van der Waals surface area contributed by atoms with Crippen molar-refractivity contribution in [3.05, 3.63) is 58.7 Å². The zero-order chi connectivity index (χ0) is 33.2. The SMILES string of the molecule is CC(C)=CCC/C(C)=C/COc1ccc(C2=CCN=C(C3CCCN3C(=BOC#N)NC(=O)OC(C)(C)C)N2)cc1C(F)(F)F. The summed E-state index contributed by atoms with van der Waals surface area (Å²) in [5, 5.41) is 14.8. The van der Waals surface area contributed by atoms with Crippen molar-refractivity contribution in [2.45, 2.75) is 85.0 Å². The number of halogens is 3. The van der Waals surface area contributed by atoms with E-state index in [1.807, 2.05) is 25.7 Å². The topological polar surface area (TPSA) is 108 Å². The summed E-state index contributed by atoms with van der Waals surface area (Å²) in [5.74, 6) is 0.272. The second kappa shape index (κ2) is 15.7. The van der Waals surface area contributed by atoms with Crippen LogP contribution in [-0.4, -0.2) is 61.0 Å². The molecule has 45 heavy (non-hydrogen) atoms. The first-order valence-electron chi connectivity index (χ1n) is 14.8. The van der Waals surface area contributed by atoms with Gasteiger partial charge in [0, 0.05) is 0 Å². The number of ether oxygens (including phenoxy) is 2. The van der Waals surface area contributed by atoms with Crippen molar-refractivity contribution < 1.29 is 32.1 Å². The Labute approximate surface area is 263 Å². The predicted molar refractivity (Wildman–Crippen MR) is 169 cm³/mol. The molecular weight excluding hydrogens is 586 g/mol. The monoisotopic (exact) mass is 627 g/mol. The Kier molecular flexibility index (Phi) is 12.3. The Balaban J connectivity index is 1.76. The number of nitrogens with one attached hydrogen (secondary N) is 2. The van der Waals surface area contributed by atoms with E-state index in [-0.39, 0.29) is 30.7 Å². The molecule has 1 fully saturated rings. The number of rotatable bonds is 11. The van der Waals surface area contributed by atoms with Gasteiger partial charge < -0.3 is 0 Å². The number of hydrogen-bond donors (Lipinski definition) is 2. The predicted octanol–water partition coefficient (Wildman–Crippen LogP) is 6.31. The van der Waals surface area contributed by atoms with Crippen molar-refractivity contribution >= 4 is 30.5 Å². The molecule has 0 aromatic heterocycles. The molecule has 2 aliphatic rings. The number of amidine groups is 1. The van der Waals surface area contributed by atoms with E-state index in [1.54, 1.807) is 45.2 Å². The molecule has 0 spiro atoms. The molecule has 1 aromatic rings. The van der Waals surface area contributed by atoms with Gasteiger partial charge >= 0.3 is 207 Å². The van der Waals surface area contributed by atoms with Crippen LogP contribution in [0.4, 0.5) is 18.0 Å². The molecule has 1 saturated heterocycles. The zero-order valence-corrected chi connectivity index (χ0v) is 26.7. The zero-order valence-electron chi connectivity index (χ0n) is 26.7. The summed E-state index contributed by atoms with van der Waals surface area (Å²) < 4.78 is 58.2. The Morgan fingerprint density at radius 3 is 2.67 bits per heavy atom. The Morgan fingerprint density at radius 2 is 2.00 bits per heavy atom.